The van der Waals surface area contributed by atoms with Gasteiger partial charge >= 0.3 is 5.97 Å². The van der Waals surface area contributed by atoms with Crippen molar-refractivity contribution < 1.29 is 27.5 Å². The molecule has 1 saturated carbocycles. The Morgan fingerprint density at radius 1 is 0.787 bits per heavy atom. The Morgan fingerprint density at radius 2 is 1.45 bits per heavy atom. The van der Waals surface area contributed by atoms with E-state index in [2.05, 4.69) is 5.32 Å². The average Bonchev–Trinajstić information content (AvgIpc) is 3.49. The minimum Gasteiger partial charge on any atom is -0.454 e. The highest BCUT2D eigenvalue weighted by molar-refractivity contribution is 6.31. The van der Waals surface area contributed by atoms with Gasteiger partial charge in [0.05, 0.1) is 19.4 Å². The Morgan fingerprint density at radius 3 is 2.09 bits per heavy atom. The number of ether oxygens (including phenoxy) is 1. The summed E-state index contributed by atoms with van der Waals surface area (Å²) in [6, 6.07) is 25.9. The molecule has 4 aromatic rings. The van der Waals surface area contributed by atoms with Gasteiger partial charge in [-0.1, -0.05) is 89.9 Å². The Labute approximate surface area is 279 Å². The molecule has 1 amide bonds. The van der Waals surface area contributed by atoms with Crippen LogP contribution in [0, 0.1) is 11.2 Å². The summed E-state index contributed by atoms with van der Waals surface area (Å²) in [6.07, 6.45) is -0.973. The van der Waals surface area contributed by atoms with Crippen LogP contribution in [0.2, 0.25) is 10.0 Å². The highest BCUT2D eigenvalue weighted by atomic mass is 35.5. The van der Waals surface area contributed by atoms with E-state index in [1.807, 2.05) is 65.6 Å². The van der Waals surface area contributed by atoms with Crippen molar-refractivity contribution in [2.75, 3.05) is 18.7 Å². The number of rotatable bonds is 5. The van der Waals surface area contributed by atoms with Crippen molar-refractivity contribution in [1.82, 2.24) is 4.90 Å². The fourth-order valence-corrected chi connectivity index (χ4v) is 9.67. The van der Waals surface area contributed by atoms with E-state index < -0.39 is 71.5 Å². The summed E-state index contributed by atoms with van der Waals surface area (Å²) in [4.78, 5) is 31.5. The summed E-state index contributed by atoms with van der Waals surface area (Å²) in [5.74, 6) is -2.78. The standard InChI is InChI=1S/C37H29Cl2F3N2O3/c38-24-11-12-27-28(16-24)43-34(46)37(27)29(23-13-25(39)15-26(42)14-23)31-33(45)47-32(22-9-5-2-6-10-22)30(21-7-3-1-4-8-21)44(31)36(37)17-35(18-36,19-40)20-41/h1-16,29-32H,17-20H2,(H,43,46)/t29-,30+,31+,32-,37-/m0/s1. The molecule has 1 aliphatic carbocycles. The number of alkyl halides is 2. The van der Waals surface area contributed by atoms with Crippen LogP contribution in [0.25, 0.3) is 0 Å². The first-order chi connectivity index (χ1) is 22.7. The van der Waals surface area contributed by atoms with Crippen molar-refractivity contribution in [2.24, 2.45) is 5.41 Å². The number of morpholine rings is 1. The second kappa shape index (κ2) is 10.8. The number of carbonyl (C=O) groups is 2. The van der Waals surface area contributed by atoms with Crippen LogP contribution >= 0.6 is 23.2 Å². The van der Waals surface area contributed by atoms with E-state index in [0.717, 1.165) is 17.2 Å². The van der Waals surface area contributed by atoms with E-state index in [9.17, 15) is 18.4 Å². The topological polar surface area (TPSA) is 58.6 Å². The van der Waals surface area contributed by atoms with Gasteiger partial charge in [0.25, 0.3) is 0 Å². The van der Waals surface area contributed by atoms with Crippen LogP contribution in [0.5, 0.6) is 0 Å². The van der Waals surface area contributed by atoms with Crippen LogP contribution in [-0.4, -0.2) is 41.7 Å². The van der Waals surface area contributed by atoms with Crippen molar-refractivity contribution in [3.8, 4) is 0 Å². The van der Waals surface area contributed by atoms with Gasteiger partial charge in [-0.2, -0.15) is 0 Å². The number of cyclic esters (lactones) is 1. The number of esters is 1. The van der Waals surface area contributed by atoms with Crippen molar-refractivity contribution in [3.05, 3.63) is 135 Å². The van der Waals surface area contributed by atoms with E-state index in [0.29, 0.717) is 21.8 Å². The summed E-state index contributed by atoms with van der Waals surface area (Å²) < 4.78 is 51.4. The van der Waals surface area contributed by atoms with Gasteiger partial charge in [0.2, 0.25) is 5.91 Å². The molecule has 2 spiro atoms. The van der Waals surface area contributed by atoms with Gasteiger partial charge < -0.3 is 10.1 Å². The molecule has 5 nitrogen and oxygen atoms in total. The number of nitrogens with zero attached hydrogens (tertiary/aromatic N) is 1. The van der Waals surface area contributed by atoms with E-state index in [-0.39, 0.29) is 17.9 Å². The molecule has 8 rings (SSSR count). The molecule has 3 fully saturated rings. The normalized spacial score (nSPS) is 28.4. The molecular weight excluding hydrogens is 648 g/mol. The van der Waals surface area contributed by atoms with Gasteiger partial charge in [-0.3, -0.25) is 23.3 Å². The fourth-order valence-electron chi connectivity index (χ4n) is 9.27. The second-order valence-corrected chi connectivity index (χ2v) is 14.1. The average molecular weight is 678 g/mol. The zero-order valence-corrected chi connectivity index (χ0v) is 26.4. The smallest absolute Gasteiger partial charge is 0.324 e. The fraction of sp³-hybridized carbons (Fsp3) is 0.297. The molecule has 0 unspecified atom stereocenters. The molecule has 3 heterocycles. The maximum Gasteiger partial charge on any atom is 0.324 e. The Kier molecular flexibility index (Phi) is 7.03. The largest absolute Gasteiger partial charge is 0.454 e. The van der Waals surface area contributed by atoms with Crippen molar-refractivity contribution in [2.45, 2.75) is 47.9 Å². The third-order valence-corrected chi connectivity index (χ3v) is 11.3. The quantitative estimate of drug-likeness (QED) is 0.216. The van der Waals surface area contributed by atoms with Gasteiger partial charge in [-0.15, -0.1) is 0 Å². The number of hydrogen-bond acceptors (Lipinski definition) is 4. The lowest BCUT2D eigenvalue weighted by Gasteiger charge is -2.64. The molecule has 3 aliphatic heterocycles. The van der Waals surface area contributed by atoms with Gasteiger partial charge in [-0.25, -0.2) is 4.39 Å². The van der Waals surface area contributed by atoms with E-state index >= 15 is 4.39 Å². The molecule has 2 saturated heterocycles. The number of carbonyl (C=O) groups excluding carboxylic acids is 2. The van der Waals surface area contributed by atoms with Crippen molar-refractivity contribution in [3.63, 3.8) is 0 Å². The SMILES string of the molecule is O=C1O[C@@H](c2ccccc2)[C@@H](c2ccccc2)N2[C@@H]1[C@H](c1cc(F)cc(Cl)c1)[C@@]1(C(=O)Nc3cc(Cl)ccc31)C21CC(CF)(CF)C1. The van der Waals surface area contributed by atoms with Gasteiger partial charge in [0.15, 0.2) is 0 Å². The highest BCUT2D eigenvalue weighted by Crippen LogP contribution is 2.75. The number of fused-ring (bicyclic) bond motifs is 5. The third-order valence-electron chi connectivity index (χ3n) is 10.8. The number of amides is 1. The third kappa shape index (κ3) is 4.14. The molecule has 240 valence electrons. The summed E-state index contributed by atoms with van der Waals surface area (Å²) in [6.45, 7) is -1.90. The van der Waals surface area contributed by atoms with E-state index in [1.165, 1.54) is 6.07 Å². The molecule has 4 aromatic carbocycles. The maximum atomic E-state index is 15.2. The lowest BCUT2D eigenvalue weighted by atomic mass is 9.45. The van der Waals surface area contributed by atoms with Crippen LogP contribution in [0.1, 0.15) is 53.2 Å². The van der Waals surface area contributed by atoms with Crippen LogP contribution in [0.15, 0.2) is 97.1 Å². The Hall–Kier alpha value is -3.85. The summed E-state index contributed by atoms with van der Waals surface area (Å²) >= 11 is 12.8. The Bertz CT molecular complexity index is 1880. The van der Waals surface area contributed by atoms with Crippen molar-refractivity contribution in [1.29, 1.82) is 0 Å². The minimum absolute atomic E-state index is 0.0728. The zero-order valence-electron chi connectivity index (χ0n) is 24.9. The van der Waals surface area contributed by atoms with Crippen molar-refractivity contribution >= 4 is 40.8 Å². The first kappa shape index (κ1) is 30.5. The first-order valence-corrected chi connectivity index (χ1v) is 16.2. The van der Waals surface area contributed by atoms with Gasteiger partial charge in [-0.05, 0) is 65.4 Å². The number of halogens is 5. The predicted octanol–water partition coefficient (Wildman–Crippen LogP) is 8.29. The minimum atomic E-state index is -1.61. The molecule has 5 atom stereocenters. The predicted molar refractivity (Wildman–Crippen MR) is 172 cm³/mol. The lowest BCUT2D eigenvalue weighted by molar-refractivity contribution is -0.200. The number of anilines is 1. The van der Waals surface area contributed by atoms with E-state index in [4.69, 9.17) is 27.9 Å². The van der Waals surface area contributed by atoms with Crippen LogP contribution in [-0.2, 0) is 19.7 Å². The summed E-state index contributed by atoms with van der Waals surface area (Å²) in [5, 5.41) is 3.45. The second-order valence-electron chi connectivity index (χ2n) is 13.3. The van der Waals surface area contributed by atoms with E-state index in [1.54, 1.807) is 24.3 Å². The Balaban J connectivity index is 1.48. The number of nitrogens with one attached hydrogen (secondary N) is 1. The molecule has 4 aliphatic rings. The molecule has 1 N–H and O–H groups in total. The van der Waals surface area contributed by atoms with Gasteiger partial charge in [0.1, 0.15) is 23.4 Å². The summed E-state index contributed by atoms with van der Waals surface area (Å²) in [5.41, 5.74) is -1.54. The highest BCUT2D eigenvalue weighted by Gasteiger charge is 2.83. The van der Waals surface area contributed by atoms with Gasteiger partial charge in [0, 0.05) is 32.6 Å². The molecule has 0 radical (unpaired) electrons. The summed E-state index contributed by atoms with van der Waals surface area (Å²) in [7, 11) is 0. The van der Waals surface area contributed by atoms with Crippen LogP contribution < -0.4 is 5.32 Å². The number of benzene rings is 4. The molecule has 0 bridgehead atoms. The number of hydrogen-bond donors (Lipinski definition) is 1. The monoisotopic (exact) mass is 676 g/mol. The molecule has 47 heavy (non-hydrogen) atoms. The molecular formula is C37H29Cl2F3N2O3. The molecule has 10 heteroatoms. The lowest BCUT2D eigenvalue weighted by Crippen LogP contribution is -2.72. The van der Waals surface area contributed by atoms with Crippen LogP contribution in [0.3, 0.4) is 0 Å². The zero-order chi connectivity index (χ0) is 32.7. The first-order valence-electron chi connectivity index (χ1n) is 15.5. The maximum absolute atomic E-state index is 15.2. The van der Waals surface area contributed by atoms with Crippen LogP contribution in [0.4, 0.5) is 18.9 Å². The molecule has 0 aromatic heterocycles.